The lowest BCUT2D eigenvalue weighted by Crippen LogP contribution is -2.62. The lowest BCUT2D eigenvalue weighted by molar-refractivity contribution is -0.211. The second-order valence-electron chi connectivity index (χ2n) is 11.2. The van der Waals surface area contributed by atoms with Crippen molar-refractivity contribution in [1.82, 2.24) is 15.2 Å². The number of nitrogens with one attached hydrogen (secondary N) is 2. The Hall–Kier alpha value is -2.16. The summed E-state index contributed by atoms with van der Waals surface area (Å²) in [6.45, 7) is 5.85. The van der Waals surface area contributed by atoms with Gasteiger partial charge in [-0.25, -0.2) is 0 Å². The van der Waals surface area contributed by atoms with E-state index in [2.05, 4.69) is 29.3 Å². The zero-order valence-electron chi connectivity index (χ0n) is 22.5. The molecule has 0 radical (unpaired) electrons. The molecule has 1 aromatic heterocycles. The number of carbonyl (C=O) groups is 1. The van der Waals surface area contributed by atoms with Crippen LogP contribution in [0, 0.1) is 19.3 Å². The molecule has 2 aromatic rings. The summed E-state index contributed by atoms with van der Waals surface area (Å²) in [5, 5.41) is 3.26. The molecule has 2 N–H and O–H groups in total. The van der Waals surface area contributed by atoms with Crippen molar-refractivity contribution in [3.63, 3.8) is 0 Å². The van der Waals surface area contributed by atoms with Gasteiger partial charge in [-0.1, -0.05) is 11.6 Å². The van der Waals surface area contributed by atoms with Crippen molar-refractivity contribution in [2.75, 3.05) is 20.4 Å². The van der Waals surface area contributed by atoms with Crippen LogP contribution in [0.3, 0.4) is 0 Å². The molecule has 0 saturated heterocycles. The van der Waals surface area contributed by atoms with Crippen LogP contribution in [0.25, 0.3) is 0 Å². The number of ether oxygens (including phenoxy) is 2. The Kier molecular flexibility index (Phi) is 6.61. The lowest BCUT2D eigenvalue weighted by atomic mass is 9.54. The molecule has 6 rings (SSSR count). The lowest BCUT2D eigenvalue weighted by Gasteiger charge is -2.59. The van der Waals surface area contributed by atoms with Crippen LogP contribution in [-0.4, -0.2) is 47.5 Å². The van der Waals surface area contributed by atoms with E-state index in [1.54, 1.807) is 6.07 Å². The number of amides is 1. The van der Waals surface area contributed by atoms with Gasteiger partial charge in [-0.2, -0.15) is 0 Å². The van der Waals surface area contributed by atoms with Crippen LogP contribution in [0.4, 0.5) is 0 Å². The van der Waals surface area contributed by atoms with Crippen molar-refractivity contribution < 1.29 is 14.3 Å². The maximum atomic E-state index is 13.3. The minimum atomic E-state index is -0.833. The van der Waals surface area contributed by atoms with Gasteiger partial charge in [0.15, 0.2) is 11.5 Å². The van der Waals surface area contributed by atoms with Gasteiger partial charge in [0.1, 0.15) is 0 Å². The van der Waals surface area contributed by atoms with Crippen LogP contribution in [0.2, 0.25) is 5.02 Å². The summed E-state index contributed by atoms with van der Waals surface area (Å²) in [6, 6.07) is 3.56. The summed E-state index contributed by atoms with van der Waals surface area (Å²) in [7, 11) is 4.37. The second kappa shape index (κ2) is 9.24. The van der Waals surface area contributed by atoms with E-state index in [1.165, 1.54) is 11.8 Å². The molecule has 1 aromatic carbocycles. The van der Waals surface area contributed by atoms with Crippen molar-refractivity contribution in [2.45, 2.75) is 82.1 Å². The van der Waals surface area contributed by atoms with E-state index >= 15 is 0 Å². The molecule has 3 aliphatic carbocycles. The summed E-state index contributed by atoms with van der Waals surface area (Å²) >= 11 is 8.16. The highest BCUT2D eigenvalue weighted by Gasteiger charge is 2.62. The first-order valence-corrected chi connectivity index (χ1v) is 14.5. The molecular formula is C28H36ClN3O4S. The maximum absolute atomic E-state index is 13.3. The predicted molar refractivity (Wildman–Crippen MR) is 147 cm³/mol. The molecule has 1 aliphatic heterocycles. The van der Waals surface area contributed by atoms with E-state index in [4.69, 9.17) is 21.1 Å². The molecule has 3 saturated carbocycles. The molecule has 1 amide bonds. The first-order chi connectivity index (χ1) is 17.4. The quantitative estimate of drug-likeness (QED) is 0.470. The highest BCUT2D eigenvalue weighted by atomic mass is 35.5. The predicted octanol–water partition coefficient (Wildman–Crippen LogP) is 5.44. The largest absolute Gasteiger partial charge is 0.448 e. The molecule has 0 spiro atoms. The van der Waals surface area contributed by atoms with E-state index in [-0.39, 0.29) is 29.0 Å². The third kappa shape index (κ3) is 4.16. The Morgan fingerprint density at radius 2 is 1.73 bits per heavy atom. The van der Waals surface area contributed by atoms with Crippen molar-refractivity contribution >= 4 is 29.3 Å². The van der Waals surface area contributed by atoms with Crippen LogP contribution in [-0.2, 0) is 6.54 Å². The SMILES string of the molecule is CSc1cc(C)[nH]c(=O)c1CNC(=O)c1cc(Cl)c2c(c1C)OC(C)(C13CCC(N(C)C)(CC1)CC3)O2. The normalized spacial score (nSPS) is 28.1. The van der Waals surface area contributed by atoms with Crippen LogP contribution >= 0.6 is 23.4 Å². The van der Waals surface area contributed by atoms with Crippen LogP contribution < -0.4 is 20.3 Å². The summed E-state index contributed by atoms with van der Waals surface area (Å²) in [5.74, 6) is -0.0827. The van der Waals surface area contributed by atoms with E-state index in [0.717, 1.165) is 49.1 Å². The topological polar surface area (TPSA) is 83.7 Å². The number of carbonyl (C=O) groups excluding carboxylic acids is 1. The Morgan fingerprint density at radius 1 is 1.11 bits per heavy atom. The molecule has 2 bridgehead atoms. The highest BCUT2D eigenvalue weighted by Crippen LogP contribution is 2.63. The monoisotopic (exact) mass is 545 g/mol. The number of benzene rings is 1. The van der Waals surface area contributed by atoms with Gasteiger partial charge in [0.2, 0.25) is 0 Å². The van der Waals surface area contributed by atoms with E-state index < -0.39 is 5.79 Å². The van der Waals surface area contributed by atoms with Crippen molar-refractivity contribution in [3.8, 4) is 11.5 Å². The fourth-order valence-electron chi connectivity index (χ4n) is 6.60. The van der Waals surface area contributed by atoms with Crippen molar-refractivity contribution in [1.29, 1.82) is 0 Å². The molecule has 4 aliphatic rings. The molecule has 9 heteroatoms. The molecule has 200 valence electrons. The first-order valence-electron chi connectivity index (χ1n) is 12.9. The summed E-state index contributed by atoms with van der Waals surface area (Å²) < 4.78 is 13.2. The number of aromatic amines is 1. The van der Waals surface area contributed by atoms with E-state index in [1.807, 2.05) is 33.1 Å². The van der Waals surface area contributed by atoms with Crippen molar-refractivity contribution in [2.24, 2.45) is 5.41 Å². The Balaban J connectivity index is 1.38. The standard InChI is InChI=1S/C28H36ClN3O4S/c1-16-13-21(37-6)19(25(34)31-16)15-30-24(33)18-14-20(29)23-22(17(18)2)35-26(3,36-23)27-7-10-28(11-8-27,12-9-27)32(4)5/h13-14H,7-12,15H2,1-6H3,(H,30,33)(H,31,34). The van der Waals surface area contributed by atoms with Crippen LogP contribution in [0.5, 0.6) is 11.5 Å². The number of pyridine rings is 1. The van der Waals surface area contributed by atoms with Crippen LogP contribution in [0.1, 0.15) is 72.6 Å². The molecule has 3 fully saturated rings. The third-order valence-corrected chi connectivity index (χ3v) is 10.4. The van der Waals surface area contributed by atoms with Gasteiger partial charge >= 0.3 is 0 Å². The number of thioether (sulfide) groups is 1. The van der Waals surface area contributed by atoms with Gasteiger partial charge in [0, 0.05) is 51.7 Å². The zero-order chi connectivity index (χ0) is 26.8. The maximum Gasteiger partial charge on any atom is 0.254 e. The number of hydrogen-bond acceptors (Lipinski definition) is 6. The van der Waals surface area contributed by atoms with Gasteiger partial charge in [-0.15, -0.1) is 11.8 Å². The first kappa shape index (κ1) is 26.4. The minimum Gasteiger partial charge on any atom is -0.448 e. The van der Waals surface area contributed by atoms with Gasteiger partial charge in [0.05, 0.1) is 5.02 Å². The smallest absolute Gasteiger partial charge is 0.254 e. The van der Waals surface area contributed by atoms with E-state index in [9.17, 15) is 9.59 Å². The summed E-state index contributed by atoms with van der Waals surface area (Å²) in [4.78, 5) is 31.8. The van der Waals surface area contributed by atoms with Crippen molar-refractivity contribution in [3.05, 3.63) is 49.9 Å². The number of H-pyrrole nitrogens is 1. The average molecular weight is 546 g/mol. The number of aryl methyl sites for hydroxylation is 1. The molecule has 2 heterocycles. The molecule has 1 unspecified atom stereocenters. The minimum absolute atomic E-state index is 0.0946. The molecule has 37 heavy (non-hydrogen) atoms. The van der Waals surface area contributed by atoms with Gasteiger partial charge in [0.25, 0.3) is 17.3 Å². The second-order valence-corrected chi connectivity index (χ2v) is 12.5. The number of rotatable bonds is 6. The summed E-state index contributed by atoms with van der Waals surface area (Å²) in [6.07, 6.45) is 8.37. The number of halogens is 1. The fraction of sp³-hybridized carbons (Fsp3) is 0.571. The molecule has 1 atom stereocenters. The van der Waals surface area contributed by atoms with Gasteiger partial charge < -0.3 is 24.7 Å². The van der Waals surface area contributed by atoms with Gasteiger partial charge in [-0.3, -0.25) is 9.59 Å². The third-order valence-electron chi connectivity index (χ3n) is 9.27. The number of fused-ring (bicyclic) bond motifs is 4. The number of nitrogens with zero attached hydrogens (tertiary/aromatic N) is 1. The Bertz CT molecular complexity index is 1300. The molecular weight excluding hydrogens is 510 g/mol. The fourth-order valence-corrected chi connectivity index (χ4v) is 7.54. The number of aromatic nitrogens is 1. The molecule has 7 nitrogen and oxygen atoms in total. The zero-order valence-corrected chi connectivity index (χ0v) is 24.0. The van der Waals surface area contributed by atoms with E-state index in [0.29, 0.717) is 33.2 Å². The highest BCUT2D eigenvalue weighted by molar-refractivity contribution is 7.98. The summed E-state index contributed by atoms with van der Waals surface area (Å²) in [5.41, 5.74) is 2.41. The Morgan fingerprint density at radius 3 is 2.32 bits per heavy atom. The van der Waals surface area contributed by atoms with Gasteiger partial charge in [-0.05, 0) is 84.9 Å². The number of hydrogen-bond donors (Lipinski definition) is 2. The Labute approximate surface area is 227 Å². The average Bonchev–Trinajstić information content (AvgIpc) is 3.26. The van der Waals surface area contributed by atoms with Crippen LogP contribution in [0.15, 0.2) is 21.8 Å².